The Hall–Kier alpha value is -7.14. The molecule has 10 aromatic carbocycles. The standard InChI is InChI=1S/C53H31N3S/c1-2-15-32(16-3-1)50-48-33-17-5-4-14-31(33)26-29-43(48)54-45(55-50)30-56-51-42(28-27-41-36-20-12-13-25-44(36)57-53(41)51)47-40-24-11-10-23-39(40)46-37-21-8-6-18-34(37)35-19-7-9-22-38(35)49(46)52(47)56/h1-29H,30H2. The van der Waals surface area contributed by atoms with Crippen molar-refractivity contribution in [3.8, 4) is 11.3 Å². The van der Waals surface area contributed by atoms with Gasteiger partial charge in [-0.2, -0.15) is 0 Å². The Labute approximate surface area is 330 Å². The van der Waals surface area contributed by atoms with E-state index in [4.69, 9.17) is 9.97 Å². The van der Waals surface area contributed by atoms with Crippen LogP contribution in [0, 0.1) is 0 Å². The molecule has 0 atom stereocenters. The second kappa shape index (κ2) is 11.7. The van der Waals surface area contributed by atoms with Gasteiger partial charge in [0.05, 0.1) is 33.5 Å². The van der Waals surface area contributed by atoms with Crippen molar-refractivity contribution in [2.45, 2.75) is 6.54 Å². The Morgan fingerprint density at radius 2 is 0.965 bits per heavy atom. The maximum atomic E-state index is 5.56. The van der Waals surface area contributed by atoms with E-state index in [9.17, 15) is 0 Å². The van der Waals surface area contributed by atoms with Crippen molar-refractivity contribution in [3.63, 3.8) is 0 Å². The molecule has 0 radical (unpaired) electrons. The van der Waals surface area contributed by atoms with Crippen LogP contribution in [0.5, 0.6) is 0 Å². The summed E-state index contributed by atoms with van der Waals surface area (Å²) >= 11 is 1.89. The molecule has 0 aliphatic rings. The molecule has 4 heteroatoms. The van der Waals surface area contributed by atoms with Crippen LogP contribution in [0.3, 0.4) is 0 Å². The van der Waals surface area contributed by atoms with Gasteiger partial charge in [-0.15, -0.1) is 11.3 Å². The Kier molecular flexibility index (Phi) is 6.38. The van der Waals surface area contributed by atoms with Gasteiger partial charge in [-0.3, -0.25) is 0 Å². The third-order valence-electron chi connectivity index (χ3n) is 12.2. The largest absolute Gasteiger partial charge is 0.331 e. The lowest BCUT2D eigenvalue weighted by atomic mass is 9.89. The van der Waals surface area contributed by atoms with Crippen LogP contribution in [0.25, 0.3) is 118 Å². The van der Waals surface area contributed by atoms with Gasteiger partial charge in [-0.05, 0) is 55.2 Å². The molecule has 0 spiro atoms. The van der Waals surface area contributed by atoms with Crippen molar-refractivity contribution < 1.29 is 0 Å². The molecule has 0 saturated carbocycles. The minimum Gasteiger partial charge on any atom is -0.331 e. The van der Waals surface area contributed by atoms with Crippen molar-refractivity contribution in [2.75, 3.05) is 0 Å². The van der Waals surface area contributed by atoms with Crippen molar-refractivity contribution in [2.24, 2.45) is 0 Å². The first kappa shape index (κ1) is 31.1. The molecule has 0 aliphatic carbocycles. The summed E-state index contributed by atoms with van der Waals surface area (Å²) in [4.78, 5) is 11.0. The Balaban J connectivity index is 1.25. The van der Waals surface area contributed by atoms with Crippen molar-refractivity contribution >= 4 is 118 Å². The number of hydrogen-bond donors (Lipinski definition) is 0. The molecule has 57 heavy (non-hydrogen) atoms. The van der Waals surface area contributed by atoms with E-state index in [2.05, 4.69) is 180 Å². The highest BCUT2D eigenvalue weighted by atomic mass is 32.1. The minimum absolute atomic E-state index is 0.505. The summed E-state index contributed by atoms with van der Waals surface area (Å²) < 4.78 is 5.17. The molecule has 13 aromatic rings. The molecule has 0 aliphatic heterocycles. The Morgan fingerprint density at radius 1 is 0.386 bits per heavy atom. The molecule has 0 unspecified atom stereocenters. The molecule has 3 aromatic heterocycles. The van der Waals surface area contributed by atoms with Crippen molar-refractivity contribution in [3.05, 3.63) is 182 Å². The predicted molar refractivity (Wildman–Crippen MR) is 244 cm³/mol. The van der Waals surface area contributed by atoms with Gasteiger partial charge in [-0.25, -0.2) is 9.97 Å². The summed E-state index contributed by atoms with van der Waals surface area (Å²) in [6.07, 6.45) is 0. The summed E-state index contributed by atoms with van der Waals surface area (Å²) in [6.45, 7) is 0.505. The van der Waals surface area contributed by atoms with Crippen LogP contribution in [0.1, 0.15) is 5.82 Å². The summed E-state index contributed by atoms with van der Waals surface area (Å²) in [5.41, 5.74) is 5.48. The van der Waals surface area contributed by atoms with Crippen LogP contribution < -0.4 is 0 Å². The summed E-state index contributed by atoms with van der Waals surface area (Å²) in [7, 11) is 0. The lowest BCUT2D eigenvalue weighted by Gasteiger charge is -2.17. The second-order valence-electron chi connectivity index (χ2n) is 15.2. The Morgan fingerprint density at radius 3 is 1.72 bits per heavy atom. The fourth-order valence-electron chi connectivity index (χ4n) is 9.86. The van der Waals surface area contributed by atoms with Crippen molar-refractivity contribution in [1.82, 2.24) is 14.5 Å². The van der Waals surface area contributed by atoms with E-state index < -0.39 is 0 Å². The smallest absolute Gasteiger partial charge is 0.149 e. The minimum atomic E-state index is 0.505. The fourth-order valence-corrected chi connectivity index (χ4v) is 11.1. The third kappa shape index (κ3) is 4.31. The van der Waals surface area contributed by atoms with Gasteiger partial charge < -0.3 is 4.57 Å². The maximum absolute atomic E-state index is 5.56. The first-order valence-corrected chi connectivity index (χ1v) is 20.4. The zero-order chi connectivity index (χ0) is 37.2. The lowest BCUT2D eigenvalue weighted by molar-refractivity contribution is 0.807. The van der Waals surface area contributed by atoms with Gasteiger partial charge >= 0.3 is 0 Å². The highest BCUT2D eigenvalue weighted by Crippen LogP contribution is 2.49. The van der Waals surface area contributed by atoms with Gasteiger partial charge in [0, 0.05) is 48.0 Å². The van der Waals surface area contributed by atoms with Gasteiger partial charge in [0.2, 0.25) is 0 Å². The van der Waals surface area contributed by atoms with E-state index >= 15 is 0 Å². The molecule has 0 N–H and O–H groups in total. The summed E-state index contributed by atoms with van der Waals surface area (Å²) in [6, 6.07) is 64.1. The molecule has 13 rings (SSSR count). The van der Waals surface area contributed by atoms with Crippen LogP contribution in [0.15, 0.2) is 176 Å². The van der Waals surface area contributed by atoms with E-state index in [1.165, 1.54) is 95.8 Å². The number of fused-ring (bicyclic) bond motifs is 20. The molecule has 0 bridgehead atoms. The maximum Gasteiger partial charge on any atom is 0.149 e. The highest BCUT2D eigenvalue weighted by Gasteiger charge is 2.25. The lowest BCUT2D eigenvalue weighted by Crippen LogP contribution is -2.07. The normalized spacial score (nSPS) is 12.3. The first-order chi connectivity index (χ1) is 28.3. The van der Waals surface area contributed by atoms with Gasteiger partial charge in [0.1, 0.15) is 5.82 Å². The quantitative estimate of drug-likeness (QED) is 0.169. The van der Waals surface area contributed by atoms with Crippen LogP contribution in [0.2, 0.25) is 0 Å². The average molecular weight is 742 g/mol. The Bertz CT molecular complexity index is 3840. The molecule has 264 valence electrons. The van der Waals surface area contributed by atoms with E-state index in [0.29, 0.717) is 6.54 Å². The van der Waals surface area contributed by atoms with E-state index in [1.807, 2.05) is 11.3 Å². The summed E-state index contributed by atoms with van der Waals surface area (Å²) in [5, 5.41) is 18.7. The molecule has 0 amide bonds. The van der Waals surface area contributed by atoms with E-state index in [0.717, 1.165) is 28.0 Å². The van der Waals surface area contributed by atoms with Gasteiger partial charge in [0.15, 0.2) is 0 Å². The molecule has 3 heterocycles. The third-order valence-corrected chi connectivity index (χ3v) is 13.4. The number of thiophene rings is 1. The van der Waals surface area contributed by atoms with E-state index in [-0.39, 0.29) is 0 Å². The second-order valence-corrected chi connectivity index (χ2v) is 16.2. The zero-order valence-corrected chi connectivity index (χ0v) is 31.5. The highest BCUT2D eigenvalue weighted by molar-refractivity contribution is 7.26. The monoisotopic (exact) mass is 741 g/mol. The van der Waals surface area contributed by atoms with Gasteiger partial charge in [-0.1, -0.05) is 164 Å². The molecular weight excluding hydrogens is 711 g/mol. The van der Waals surface area contributed by atoms with Crippen LogP contribution in [0.4, 0.5) is 0 Å². The fraction of sp³-hybridized carbons (Fsp3) is 0.0189. The SMILES string of the molecule is c1ccc(-c2nc(Cn3c4c(ccc5c6ccccc6sc54)c4c5ccccc5c5c6ccccc6c6ccccc6c5c43)nc3ccc4ccccc4c23)cc1. The predicted octanol–water partition coefficient (Wildman–Crippen LogP) is 14.6. The number of benzene rings is 10. The molecule has 3 nitrogen and oxygen atoms in total. The van der Waals surface area contributed by atoms with E-state index in [1.54, 1.807) is 0 Å². The van der Waals surface area contributed by atoms with Crippen LogP contribution in [-0.2, 0) is 6.54 Å². The number of hydrogen-bond acceptors (Lipinski definition) is 3. The topological polar surface area (TPSA) is 30.7 Å². The number of nitrogens with zero attached hydrogens (tertiary/aromatic N) is 3. The van der Waals surface area contributed by atoms with Gasteiger partial charge in [0.25, 0.3) is 0 Å². The average Bonchev–Trinajstić information content (AvgIpc) is 3.82. The first-order valence-electron chi connectivity index (χ1n) is 19.5. The van der Waals surface area contributed by atoms with Crippen LogP contribution in [-0.4, -0.2) is 14.5 Å². The number of aromatic nitrogens is 3. The van der Waals surface area contributed by atoms with Crippen molar-refractivity contribution in [1.29, 1.82) is 0 Å². The molecule has 0 saturated heterocycles. The number of rotatable bonds is 3. The zero-order valence-electron chi connectivity index (χ0n) is 30.7. The molecule has 0 fully saturated rings. The molecular formula is C53H31N3S. The van der Waals surface area contributed by atoms with Crippen LogP contribution >= 0.6 is 11.3 Å². The summed E-state index contributed by atoms with van der Waals surface area (Å²) in [5.74, 6) is 0.792.